The predicted molar refractivity (Wildman–Crippen MR) is 46.7 cm³/mol. The van der Waals surface area contributed by atoms with Crippen LogP contribution in [0.15, 0.2) is 21.2 Å². The summed E-state index contributed by atoms with van der Waals surface area (Å²) in [6.07, 6.45) is 1.18. The van der Waals surface area contributed by atoms with Crippen molar-refractivity contribution in [2.45, 2.75) is 17.8 Å². The Morgan fingerprint density at radius 3 is 2.54 bits per heavy atom. The van der Waals surface area contributed by atoms with Gasteiger partial charge >= 0.3 is 0 Å². The van der Waals surface area contributed by atoms with E-state index in [0.29, 0.717) is 4.47 Å². The van der Waals surface area contributed by atoms with Gasteiger partial charge in [-0.2, -0.15) is 0 Å². The van der Waals surface area contributed by atoms with Gasteiger partial charge in [0.15, 0.2) is 0 Å². The van der Waals surface area contributed by atoms with Crippen molar-refractivity contribution in [2.24, 2.45) is 5.73 Å². The van der Waals surface area contributed by atoms with Crippen molar-refractivity contribution in [3.63, 3.8) is 0 Å². The van der Waals surface area contributed by atoms with Gasteiger partial charge in [-0.3, -0.25) is 0 Å². The monoisotopic (exact) mass is 251 g/mol. The molecule has 0 spiro atoms. The lowest BCUT2D eigenvalue weighted by molar-refractivity contribution is 0.0839. The van der Waals surface area contributed by atoms with Gasteiger partial charge in [0, 0.05) is 13.0 Å². The predicted octanol–water partition coefficient (Wildman–Crippen LogP) is 2.28. The van der Waals surface area contributed by atoms with Gasteiger partial charge in [-0.15, -0.1) is 0 Å². The zero-order valence-corrected chi connectivity index (χ0v) is 8.27. The molecule has 1 heterocycles. The van der Waals surface area contributed by atoms with Crippen molar-refractivity contribution < 1.29 is 13.2 Å². The number of alkyl halides is 2. The molecule has 1 aliphatic carbocycles. The molecule has 13 heavy (non-hydrogen) atoms. The second-order valence-electron chi connectivity index (χ2n) is 3.30. The third-order valence-electron chi connectivity index (χ3n) is 2.49. The van der Waals surface area contributed by atoms with Crippen LogP contribution < -0.4 is 5.73 Å². The van der Waals surface area contributed by atoms with E-state index in [-0.39, 0.29) is 18.7 Å². The van der Waals surface area contributed by atoms with Crippen LogP contribution in [-0.2, 0) is 5.41 Å². The summed E-state index contributed by atoms with van der Waals surface area (Å²) in [6.45, 7) is -0.0834. The summed E-state index contributed by atoms with van der Waals surface area (Å²) in [5.41, 5.74) is 4.08. The van der Waals surface area contributed by atoms with Crippen LogP contribution in [0.5, 0.6) is 0 Å². The molecule has 72 valence electrons. The third-order valence-corrected chi connectivity index (χ3v) is 2.90. The van der Waals surface area contributed by atoms with Crippen LogP contribution in [0.2, 0.25) is 0 Å². The zero-order valence-electron chi connectivity index (χ0n) is 6.69. The summed E-state index contributed by atoms with van der Waals surface area (Å²) >= 11 is 3.14. The Bertz CT molecular complexity index is 339. The molecule has 2 nitrogen and oxygen atoms in total. The first-order chi connectivity index (χ1) is 6.02. The van der Waals surface area contributed by atoms with Crippen LogP contribution >= 0.6 is 15.9 Å². The number of hydrogen-bond donors (Lipinski definition) is 1. The highest BCUT2D eigenvalue weighted by Crippen LogP contribution is 2.61. The van der Waals surface area contributed by atoms with Gasteiger partial charge in [-0.05, 0) is 22.0 Å². The molecule has 1 atom stereocenters. The summed E-state index contributed by atoms with van der Waals surface area (Å²) in [5.74, 6) is -2.44. The molecular formula is C8H8BrF2NO. The molecule has 1 unspecified atom stereocenters. The highest BCUT2D eigenvalue weighted by Gasteiger charge is 2.73. The maximum absolute atomic E-state index is 13.0. The van der Waals surface area contributed by atoms with Crippen LogP contribution in [0.3, 0.4) is 0 Å². The van der Waals surface area contributed by atoms with Crippen molar-refractivity contribution in [1.29, 1.82) is 0 Å². The van der Waals surface area contributed by atoms with E-state index in [4.69, 9.17) is 10.2 Å². The van der Waals surface area contributed by atoms with E-state index in [1.807, 2.05) is 0 Å². The second-order valence-corrected chi connectivity index (χ2v) is 4.21. The molecule has 0 amide bonds. The first kappa shape index (κ1) is 9.15. The van der Waals surface area contributed by atoms with Crippen molar-refractivity contribution in [3.05, 3.63) is 22.6 Å². The number of rotatable bonds is 2. The fraction of sp³-hybridized carbons (Fsp3) is 0.500. The summed E-state index contributed by atoms with van der Waals surface area (Å²) in [6, 6.07) is 1.55. The molecule has 0 saturated heterocycles. The van der Waals surface area contributed by atoms with Crippen molar-refractivity contribution in [1.82, 2.24) is 0 Å². The molecule has 0 aromatic carbocycles. The lowest BCUT2D eigenvalue weighted by atomic mass is 10.0. The largest absolute Gasteiger partial charge is 0.467 e. The minimum Gasteiger partial charge on any atom is -0.467 e. The molecule has 5 heteroatoms. The standard InChI is InChI=1S/C8H8BrF2NO/c9-5-1-6(13-2-5)7(4-12)3-8(7,10)11/h1-2H,3-4,12H2. The Kier molecular flexibility index (Phi) is 1.79. The number of furan rings is 1. The Morgan fingerprint density at radius 2 is 2.23 bits per heavy atom. The number of halogens is 3. The average molecular weight is 252 g/mol. The van der Waals surface area contributed by atoms with Gasteiger partial charge in [0.25, 0.3) is 5.92 Å². The van der Waals surface area contributed by atoms with Gasteiger partial charge in [-0.1, -0.05) is 0 Å². The Labute approximate surface area is 82.2 Å². The fourth-order valence-electron chi connectivity index (χ4n) is 1.49. The van der Waals surface area contributed by atoms with Crippen LogP contribution in [0.25, 0.3) is 0 Å². The maximum atomic E-state index is 13.0. The smallest absolute Gasteiger partial charge is 0.263 e. The SMILES string of the molecule is NCC1(c2cc(Br)co2)CC1(F)F. The minimum atomic E-state index is -2.71. The molecule has 2 N–H and O–H groups in total. The van der Waals surface area contributed by atoms with Gasteiger partial charge in [0.2, 0.25) is 0 Å². The Morgan fingerprint density at radius 1 is 1.62 bits per heavy atom. The average Bonchev–Trinajstić information content (AvgIpc) is 2.43. The molecule has 1 aromatic heterocycles. The van der Waals surface area contributed by atoms with Gasteiger partial charge < -0.3 is 10.2 Å². The quantitative estimate of drug-likeness (QED) is 0.876. The summed E-state index contributed by atoms with van der Waals surface area (Å²) in [5, 5.41) is 0. The normalized spacial score (nSPS) is 30.5. The van der Waals surface area contributed by atoms with Gasteiger partial charge in [0.1, 0.15) is 17.4 Å². The molecule has 1 saturated carbocycles. The van der Waals surface area contributed by atoms with E-state index < -0.39 is 11.3 Å². The third kappa shape index (κ3) is 1.14. The van der Waals surface area contributed by atoms with E-state index in [1.54, 1.807) is 6.07 Å². The lowest BCUT2D eigenvalue weighted by Gasteiger charge is -2.09. The molecular weight excluding hydrogens is 244 g/mol. The summed E-state index contributed by atoms with van der Waals surface area (Å²) < 4.78 is 31.7. The second kappa shape index (κ2) is 2.54. The van der Waals surface area contributed by atoms with Crippen molar-refractivity contribution >= 4 is 15.9 Å². The molecule has 2 rings (SSSR count). The Balaban J connectivity index is 2.35. The highest BCUT2D eigenvalue weighted by atomic mass is 79.9. The van der Waals surface area contributed by atoms with Gasteiger partial charge in [-0.25, -0.2) is 8.78 Å². The van der Waals surface area contributed by atoms with E-state index in [2.05, 4.69) is 15.9 Å². The summed E-state index contributed by atoms with van der Waals surface area (Å²) in [4.78, 5) is 0. The fourth-order valence-corrected chi connectivity index (χ4v) is 1.79. The van der Waals surface area contributed by atoms with Crippen LogP contribution in [-0.4, -0.2) is 12.5 Å². The molecule has 0 radical (unpaired) electrons. The van der Waals surface area contributed by atoms with E-state index in [1.165, 1.54) is 6.26 Å². The maximum Gasteiger partial charge on any atom is 0.263 e. The molecule has 0 bridgehead atoms. The van der Waals surface area contributed by atoms with Crippen molar-refractivity contribution in [3.8, 4) is 0 Å². The first-order valence-corrected chi connectivity index (χ1v) is 4.63. The minimum absolute atomic E-state index is 0.0834. The summed E-state index contributed by atoms with van der Waals surface area (Å²) in [7, 11) is 0. The molecule has 0 aliphatic heterocycles. The van der Waals surface area contributed by atoms with E-state index >= 15 is 0 Å². The van der Waals surface area contributed by atoms with E-state index in [0.717, 1.165) is 0 Å². The van der Waals surface area contributed by atoms with Crippen LogP contribution in [0.1, 0.15) is 12.2 Å². The van der Waals surface area contributed by atoms with Gasteiger partial charge in [0.05, 0.1) is 4.47 Å². The first-order valence-electron chi connectivity index (χ1n) is 3.84. The number of hydrogen-bond acceptors (Lipinski definition) is 2. The number of nitrogens with two attached hydrogens (primary N) is 1. The molecule has 1 fully saturated rings. The van der Waals surface area contributed by atoms with Crippen molar-refractivity contribution in [2.75, 3.05) is 6.54 Å². The zero-order chi connectivity index (χ0) is 9.69. The van der Waals surface area contributed by atoms with Crippen LogP contribution in [0, 0.1) is 0 Å². The lowest BCUT2D eigenvalue weighted by Crippen LogP contribution is -2.26. The molecule has 1 aliphatic rings. The molecule has 1 aromatic rings. The van der Waals surface area contributed by atoms with Crippen LogP contribution in [0.4, 0.5) is 8.78 Å². The topological polar surface area (TPSA) is 39.2 Å². The highest BCUT2D eigenvalue weighted by molar-refractivity contribution is 9.10. The Hall–Kier alpha value is -0.420. The van der Waals surface area contributed by atoms with E-state index in [9.17, 15) is 8.78 Å².